The Kier molecular flexibility index (Phi) is 7.16. The highest BCUT2D eigenvalue weighted by atomic mass is 16.6. The molecule has 36 heavy (non-hydrogen) atoms. The van der Waals surface area contributed by atoms with Gasteiger partial charge in [0.25, 0.3) is 0 Å². The van der Waals surface area contributed by atoms with Crippen molar-refractivity contribution in [1.29, 1.82) is 5.26 Å². The second kappa shape index (κ2) is 10.6. The quantitative estimate of drug-likeness (QED) is 0.371. The van der Waals surface area contributed by atoms with Gasteiger partial charge in [-0.2, -0.15) is 5.26 Å². The SMILES string of the molecule is COc1ccc(C2C(C#N)=C(N)Oc3cc(OC(=O)COc4ccccc4OC)ccc32)cc1OC. The van der Waals surface area contributed by atoms with E-state index in [1.165, 1.54) is 14.2 Å². The van der Waals surface area contributed by atoms with Gasteiger partial charge in [-0.1, -0.05) is 24.3 Å². The monoisotopic (exact) mass is 488 g/mol. The molecule has 1 heterocycles. The van der Waals surface area contributed by atoms with Crippen molar-refractivity contribution in [2.24, 2.45) is 5.73 Å². The predicted molar refractivity (Wildman–Crippen MR) is 129 cm³/mol. The molecule has 4 rings (SSSR count). The summed E-state index contributed by atoms with van der Waals surface area (Å²) in [6.45, 7) is -0.326. The molecule has 0 aliphatic carbocycles. The van der Waals surface area contributed by atoms with Crippen LogP contribution in [0.2, 0.25) is 0 Å². The van der Waals surface area contributed by atoms with Crippen LogP contribution in [0, 0.1) is 11.3 Å². The molecule has 0 spiro atoms. The molecule has 1 aliphatic rings. The molecule has 0 radical (unpaired) electrons. The maximum atomic E-state index is 12.4. The molecule has 0 saturated heterocycles. The van der Waals surface area contributed by atoms with Gasteiger partial charge in [-0.05, 0) is 35.9 Å². The van der Waals surface area contributed by atoms with Gasteiger partial charge in [-0.25, -0.2) is 4.79 Å². The van der Waals surface area contributed by atoms with Gasteiger partial charge in [-0.3, -0.25) is 0 Å². The van der Waals surface area contributed by atoms with Crippen molar-refractivity contribution in [3.05, 3.63) is 83.2 Å². The first-order valence-corrected chi connectivity index (χ1v) is 10.9. The second-order valence-electron chi connectivity index (χ2n) is 7.65. The van der Waals surface area contributed by atoms with Crippen molar-refractivity contribution in [3.63, 3.8) is 0 Å². The van der Waals surface area contributed by atoms with Gasteiger partial charge in [-0.15, -0.1) is 0 Å². The van der Waals surface area contributed by atoms with E-state index in [9.17, 15) is 10.1 Å². The van der Waals surface area contributed by atoms with Crippen LogP contribution < -0.4 is 34.2 Å². The lowest BCUT2D eigenvalue weighted by Gasteiger charge is -2.27. The average Bonchev–Trinajstić information content (AvgIpc) is 2.90. The molecule has 1 aliphatic heterocycles. The fourth-order valence-corrected chi connectivity index (χ4v) is 3.91. The van der Waals surface area contributed by atoms with Gasteiger partial charge < -0.3 is 34.2 Å². The molecule has 2 N–H and O–H groups in total. The number of nitrogens with zero attached hydrogens (tertiary/aromatic N) is 1. The average molecular weight is 488 g/mol. The number of benzene rings is 3. The normalized spacial score (nSPS) is 14.1. The van der Waals surface area contributed by atoms with E-state index < -0.39 is 11.9 Å². The van der Waals surface area contributed by atoms with Crippen LogP contribution in [0.4, 0.5) is 0 Å². The smallest absolute Gasteiger partial charge is 0.349 e. The summed E-state index contributed by atoms with van der Waals surface area (Å²) in [5.74, 6) is 1.43. The molecule has 1 atom stereocenters. The lowest BCUT2D eigenvalue weighted by molar-refractivity contribution is -0.136. The van der Waals surface area contributed by atoms with E-state index in [-0.39, 0.29) is 23.8 Å². The molecule has 9 heteroatoms. The summed E-state index contributed by atoms with van der Waals surface area (Å²) in [6.07, 6.45) is 0. The summed E-state index contributed by atoms with van der Waals surface area (Å²) >= 11 is 0. The lowest BCUT2D eigenvalue weighted by Crippen LogP contribution is -2.22. The number of carbonyl (C=O) groups excluding carboxylic acids is 1. The fourth-order valence-electron chi connectivity index (χ4n) is 3.91. The number of carbonyl (C=O) groups is 1. The summed E-state index contributed by atoms with van der Waals surface area (Å²) in [5.41, 5.74) is 7.78. The minimum absolute atomic E-state index is 0.0345. The van der Waals surface area contributed by atoms with Crippen molar-refractivity contribution in [2.45, 2.75) is 5.92 Å². The number of allylic oxidation sites excluding steroid dienone is 1. The Morgan fingerprint density at radius 1 is 0.944 bits per heavy atom. The van der Waals surface area contributed by atoms with E-state index in [1.54, 1.807) is 61.7 Å². The molecular formula is C27H24N2O7. The van der Waals surface area contributed by atoms with Crippen molar-refractivity contribution in [1.82, 2.24) is 0 Å². The number of nitrogens with two attached hydrogens (primary N) is 1. The number of fused-ring (bicyclic) bond motifs is 1. The number of para-hydroxylation sites is 2. The largest absolute Gasteiger partial charge is 0.493 e. The number of rotatable bonds is 8. The summed E-state index contributed by atoms with van der Waals surface area (Å²) in [4.78, 5) is 12.4. The zero-order valence-electron chi connectivity index (χ0n) is 19.9. The van der Waals surface area contributed by atoms with Crippen LogP contribution in [-0.4, -0.2) is 33.9 Å². The number of ether oxygens (including phenoxy) is 6. The summed E-state index contributed by atoms with van der Waals surface area (Å²) in [6, 6.07) is 19.4. The van der Waals surface area contributed by atoms with Gasteiger partial charge >= 0.3 is 5.97 Å². The summed E-state index contributed by atoms with van der Waals surface area (Å²) < 4.78 is 32.6. The third-order valence-electron chi connectivity index (χ3n) is 5.58. The van der Waals surface area contributed by atoms with Crippen LogP contribution in [-0.2, 0) is 4.79 Å². The van der Waals surface area contributed by atoms with Crippen LogP contribution in [0.5, 0.6) is 34.5 Å². The molecule has 1 unspecified atom stereocenters. The van der Waals surface area contributed by atoms with Crippen molar-refractivity contribution >= 4 is 5.97 Å². The van der Waals surface area contributed by atoms with Crippen molar-refractivity contribution in [2.75, 3.05) is 27.9 Å². The molecule has 0 fully saturated rings. The minimum atomic E-state index is -0.616. The third-order valence-corrected chi connectivity index (χ3v) is 5.58. The van der Waals surface area contributed by atoms with Crippen LogP contribution >= 0.6 is 0 Å². The predicted octanol–water partition coefficient (Wildman–Crippen LogP) is 3.91. The van der Waals surface area contributed by atoms with E-state index in [1.807, 2.05) is 6.07 Å². The molecule has 3 aromatic rings. The summed E-state index contributed by atoms with van der Waals surface area (Å²) in [5, 5.41) is 9.79. The Labute approximate surface area is 208 Å². The number of hydrogen-bond acceptors (Lipinski definition) is 9. The Morgan fingerprint density at radius 3 is 2.33 bits per heavy atom. The molecular weight excluding hydrogens is 464 g/mol. The second-order valence-corrected chi connectivity index (χ2v) is 7.65. The van der Waals surface area contributed by atoms with E-state index in [2.05, 4.69) is 6.07 Å². The Morgan fingerprint density at radius 2 is 1.64 bits per heavy atom. The molecule has 0 amide bonds. The highest BCUT2D eigenvalue weighted by molar-refractivity contribution is 5.74. The molecule has 3 aromatic carbocycles. The number of hydrogen-bond donors (Lipinski definition) is 1. The molecule has 0 aromatic heterocycles. The number of nitriles is 1. The van der Waals surface area contributed by atoms with Gasteiger partial charge in [0, 0.05) is 11.6 Å². The van der Waals surface area contributed by atoms with E-state index in [4.69, 9.17) is 34.2 Å². The lowest BCUT2D eigenvalue weighted by atomic mass is 9.83. The third kappa shape index (κ3) is 4.83. The van der Waals surface area contributed by atoms with Gasteiger partial charge in [0.15, 0.2) is 29.6 Å². The van der Waals surface area contributed by atoms with Gasteiger partial charge in [0.05, 0.1) is 27.2 Å². The first-order valence-electron chi connectivity index (χ1n) is 10.9. The summed E-state index contributed by atoms with van der Waals surface area (Å²) in [7, 11) is 4.60. The maximum absolute atomic E-state index is 12.4. The van der Waals surface area contributed by atoms with Crippen LogP contribution in [0.25, 0.3) is 0 Å². The van der Waals surface area contributed by atoms with Crippen molar-refractivity contribution < 1.29 is 33.2 Å². The molecule has 0 bridgehead atoms. The Bertz CT molecular complexity index is 1360. The van der Waals surface area contributed by atoms with E-state index in [0.29, 0.717) is 34.3 Å². The zero-order chi connectivity index (χ0) is 25.7. The maximum Gasteiger partial charge on any atom is 0.349 e. The van der Waals surface area contributed by atoms with Gasteiger partial charge in [0.2, 0.25) is 5.88 Å². The first kappa shape index (κ1) is 24.3. The molecule has 9 nitrogen and oxygen atoms in total. The fraction of sp³-hybridized carbons (Fsp3) is 0.185. The first-order chi connectivity index (χ1) is 17.5. The zero-order valence-corrected chi connectivity index (χ0v) is 19.9. The topological polar surface area (TPSA) is 122 Å². The number of methoxy groups -OCH3 is 3. The van der Waals surface area contributed by atoms with E-state index >= 15 is 0 Å². The van der Waals surface area contributed by atoms with E-state index in [0.717, 1.165) is 5.56 Å². The Hall–Kier alpha value is -4.84. The van der Waals surface area contributed by atoms with Crippen molar-refractivity contribution in [3.8, 4) is 40.6 Å². The number of esters is 1. The van der Waals surface area contributed by atoms with Crippen LogP contribution in [0.1, 0.15) is 17.0 Å². The van der Waals surface area contributed by atoms with Crippen LogP contribution in [0.15, 0.2) is 72.1 Å². The van der Waals surface area contributed by atoms with Crippen LogP contribution in [0.3, 0.4) is 0 Å². The standard InChI is InChI=1S/C27H24N2O7/c1-31-20-6-4-5-7-22(20)34-15-25(30)35-17-9-10-18-23(13-17)36-27(29)19(14-28)26(18)16-8-11-21(32-2)24(12-16)33-3/h4-13,26H,15,29H2,1-3H3. The highest BCUT2D eigenvalue weighted by Crippen LogP contribution is 2.45. The minimum Gasteiger partial charge on any atom is -0.493 e. The Balaban J connectivity index is 1.58. The highest BCUT2D eigenvalue weighted by Gasteiger charge is 2.31. The van der Waals surface area contributed by atoms with Gasteiger partial charge in [0.1, 0.15) is 23.1 Å². The molecule has 0 saturated carbocycles. The molecule has 184 valence electrons.